The smallest absolute Gasteiger partial charge is 0.306 e. The normalized spacial score (nSPS) is 32.9. The van der Waals surface area contributed by atoms with Crippen molar-refractivity contribution in [1.82, 2.24) is 5.32 Å². The van der Waals surface area contributed by atoms with Crippen LogP contribution in [0.1, 0.15) is 63.5 Å². The zero-order chi connectivity index (χ0) is 18.1. The summed E-state index contributed by atoms with van der Waals surface area (Å²) in [7, 11) is 0. The van der Waals surface area contributed by atoms with E-state index < -0.39 is 0 Å². The number of carbonyl (C=O) groups excluding carboxylic acids is 2. The molecule has 4 aliphatic carbocycles. The molecule has 1 amide bonds. The van der Waals surface area contributed by atoms with E-state index in [1.54, 1.807) is 0 Å². The molecule has 4 saturated carbocycles. The summed E-state index contributed by atoms with van der Waals surface area (Å²) in [6.45, 7) is 1.76. The molecule has 26 heavy (non-hydrogen) atoms. The maximum absolute atomic E-state index is 12.4. The molecule has 0 saturated heterocycles. The average Bonchev–Trinajstić information content (AvgIpc) is 2.59. The number of amides is 1. The highest BCUT2D eigenvalue weighted by molar-refractivity contribution is 5.81. The molecule has 4 bridgehead atoms. The van der Waals surface area contributed by atoms with Crippen LogP contribution in [-0.4, -0.2) is 18.5 Å². The van der Waals surface area contributed by atoms with Gasteiger partial charge in [-0.25, -0.2) is 0 Å². The summed E-state index contributed by atoms with van der Waals surface area (Å²) < 4.78 is 5.33. The van der Waals surface area contributed by atoms with Crippen molar-refractivity contribution < 1.29 is 14.3 Å². The third kappa shape index (κ3) is 3.79. The number of hydrogen-bond donors (Lipinski definition) is 1. The van der Waals surface area contributed by atoms with E-state index in [2.05, 4.69) is 5.32 Å². The molecule has 0 spiro atoms. The summed E-state index contributed by atoms with van der Waals surface area (Å²) in [5.74, 6) is 2.03. The zero-order valence-electron chi connectivity index (χ0n) is 15.6. The first-order valence-electron chi connectivity index (χ1n) is 10.0. The number of hydrogen-bond acceptors (Lipinski definition) is 3. The van der Waals surface area contributed by atoms with E-state index in [9.17, 15) is 9.59 Å². The van der Waals surface area contributed by atoms with Gasteiger partial charge < -0.3 is 10.1 Å². The van der Waals surface area contributed by atoms with Gasteiger partial charge in [0, 0.05) is 0 Å². The first kappa shape index (κ1) is 17.6. The predicted octanol–water partition coefficient (Wildman–Crippen LogP) is 4.01. The molecular formula is C22H29NO3. The zero-order valence-corrected chi connectivity index (χ0v) is 15.6. The topological polar surface area (TPSA) is 55.4 Å². The van der Waals surface area contributed by atoms with Crippen LogP contribution in [0, 0.1) is 23.2 Å². The van der Waals surface area contributed by atoms with E-state index in [0.29, 0.717) is 6.42 Å². The van der Waals surface area contributed by atoms with Gasteiger partial charge in [-0.2, -0.15) is 0 Å². The highest BCUT2D eigenvalue weighted by Crippen LogP contribution is 2.61. The van der Waals surface area contributed by atoms with Crippen molar-refractivity contribution in [2.24, 2.45) is 23.2 Å². The van der Waals surface area contributed by atoms with Crippen molar-refractivity contribution in [3.63, 3.8) is 0 Å². The number of carbonyl (C=O) groups is 2. The molecule has 0 aromatic heterocycles. The molecule has 1 aromatic rings. The van der Waals surface area contributed by atoms with Gasteiger partial charge >= 0.3 is 5.97 Å². The van der Waals surface area contributed by atoms with Crippen LogP contribution < -0.4 is 5.32 Å². The summed E-state index contributed by atoms with van der Waals surface area (Å²) in [6.07, 6.45) is 8.16. The Morgan fingerprint density at radius 1 is 1.08 bits per heavy atom. The lowest BCUT2D eigenvalue weighted by atomic mass is 9.49. The fourth-order valence-corrected chi connectivity index (χ4v) is 6.12. The Morgan fingerprint density at radius 2 is 1.65 bits per heavy atom. The van der Waals surface area contributed by atoms with Crippen molar-refractivity contribution in [3.8, 4) is 0 Å². The van der Waals surface area contributed by atoms with E-state index in [1.165, 1.54) is 38.5 Å². The molecule has 0 radical (unpaired) electrons. The predicted molar refractivity (Wildman–Crippen MR) is 99.2 cm³/mol. The maximum Gasteiger partial charge on any atom is 0.306 e. The second-order valence-corrected chi connectivity index (χ2v) is 8.95. The van der Waals surface area contributed by atoms with E-state index in [4.69, 9.17) is 4.74 Å². The minimum Gasteiger partial charge on any atom is -0.456 e. The van der Waals surface area contributed by atoms with Gasteiger partial charge in [0.05, 0.1) is 12.5 Å². The second-order valence-electron chi connectivity index (χ2n) is 8.95. The molecule has 140 valence electrons. The number of nitrogens with one attached hydrogen (secondary N) is 1. The summed E-state index contributed by atoms with van der Waals surface area (Å²) in [6, 6.07) is 9.70. The summed E-state index contributed by atoms with van der Waals surface area (Å²) in [5, 5.41) is 2.89. The highest BCUT2D eigenvalue weighted by Gasteiger charge is 2.51. The number of benzene rings is 1. The van der Waals surface area contributed by atoms with Crippen molar-refractivity contribution in [1.29, 1.82) is 0 Å². The Bertz CT molecular complexity index is 634. The largest absolute Gasteiger partial charge is 0.456 e. The van der Waals surface area contributed by atoms with Gasteiger partial charge in [-0.1, -0.05) is 30.3 Å². The van der Waals surface area contributed by atoms with Crippen LogP contribution in [-0.2, 0) is 14.3 Å². The van der Waals surface area contributed by atoms with Crippen molar-refractivity contribution in [3.05, 3.63) is 35.9 Å². The standard InChI is InChI=1S/C22H29NO3/c1-15(19-5-3-2-4-6-19)23-20(24)14-26-21(25)13-22-10-16-7-17(11-22)9-18(8-16)12-22/h2-6,15-18H,7-14H2,1H3,(H,23,24)/t15-,16?,17?,18?,22?/m0/s1. The molecule has 4 nitrogen and oxygen atoms in total. The Kier molecular flexibility index (Phi) is 4.76. The van der Waals surface area contributed by atoms with Crippen LogP contribution in [0.4, 0.5) is 0 Å². The Morgan fingerprint density at radius 3 is 2.23 bits per heavy atom. The molecule has 5 rings (SSSR count). The highest BCUT2D eigenvalue weighted by atomic mass is 16.5. The van der Waals surface area contributed by atoms with Gasteiger partial charge in [-0.3, -0.25) is 9.59 Å². The van der Waals surface area contributed by atoms with Crippen molar-refractivity contribution in [2.75, 3.05) is 6.61 Å². The molecule has 0 aliphatic heterocycles. The maximum atomic E-state index is 12.4. The minimum absolute atomic E-state index is 0.0921. The number of esters is 1. The third-order valence-corrected chi connectivity index (χ3v) is 6.73. The van der Waals surface area contributed by atoms with Crippen molar-refractivity contribution in [2.45, 2.75) is 57.9 Å². The van der Waals surface area contributed by atoms with E-state index >= 15 is 0 Å². The van der Waals surface area contributed by atoms with Crippen molar-refractivity contribution >= 4 is 11.9 Å². The lowest BCUT2D eigenvalue weighted by molar-refractivity contribution is -0.155. The Labute approximate surface area is 155 Å². The Hall–Kier alpha value is -1.84. The van der Waals surface area contributed by atoms with Crippen LogP contribution in [0.25, 0.3) is 0 Å². The van der Waals surface area contributed by atoms with Crippen LogP contribution in [0.3, 0.4) is 0 Å². The molecule has 4 heteroatoms. The average molecular weight is 355 g/mol. The lowest BCUT2D eigenvalue weighted by Crippen LogP contribution is -2.47. The first-order chi connectivity index (χ1) is 12.5. The SMILES string of the molecule is C[C@H](NC(=O)COC(=O)CC12CC3CC(CC(C3)C1)C2)c1ccccc1. The summed E-state index contributed by atoms with van der Waals surface area (Å²) in [5.41, 5.74) is 1.21. The number of ether oxygens (including phenoxy) is 1. The first-order valence-corrected chi connectivity index (χ1v) is 10.0. The molecular weight excluding hydrogens is 326 g/mol. The second kappa shape index (κ2) is 7.05. The van der Waals surface area contributed by atoms with E-state index in [1.807, 2.05) is 37.3 Å². The van der Waals surface area contributed by atoms with Gasteiger partial charge in [-0.05, 0) is 74.2 Å². The van der Waals surface area contributed by atoms with Gasteiger partial charge in [0.2, 0.25) is 0 Å². The van der Waals surface area contributed by atoms with Crippen LogP contribution >= 0.6 is 0 Å². The van der Waals surface area contributed by atoms with Gasteiger partial charge in [0.25, 0.3) is 5.91 Å². The molecule has 0 heterocycles. The van der Waals surface area contributed by atoms with E-state index in [-0.39, 0.29) is 29.9 Å². The third-order valence-electron chi connectivity index (χ3n) is 6.73. The quantitative estimate of drug-likeness (QED) is 0.784. The fourth-order valence-electron chi connectivity index (χ4n) is 6.12. The summed E-state index contributed by atoms with van der Waals surface area (Å²) in [4.78, 5) is 24.5. The fraction of sp³-hybridized carbons (Fsp3) is 0.636. The number of rotatable bonds is 6. The van der Waals surface area contributed by atoms with Gasteiger partial charge in [0.1, 0.15) is 0 Å². The van der Waals surface area contributed by atoms with E-state index in [0.717, 1.165) is 23.3 Å². The molecule has 1 aromatic carbocycles. The summed E-state index contributed by atoms with van der Waals surface area (Å²) >= 11 is 0. The van der Waals surface area contributed by atoms with Gasteiger partial charge in [-0.15, -0.1) is 0 Å². The molecule has 0 unspecified atom stereocenters. The van der Waals surface area contributed by atoms with Crippen LogP contribution in [0.2, 0.25) is 0 Å². The van der Waals surface area contributed by atoms with Gasteiger partial charge in [0.15, 0.2) is 6.61 Å². The molecule has 4 aliphatic rings. The molecule has 1 atom stereocenters. The molecule has 4 fully saturated rings. The molecule has 1 N–H and O–H groups in total. The van der Waals surface area contributed by atoms with Crippen LogP contribution in [0.5, 0.6) is 0 Å². The van der Waals surface area contributed by atoms with Crippen LogP contribution in [0.15, 0.2) is 30.3 Å². The lowest BCUT2D eigenvalue weighted by Gasteiger charge is -2.56. The Balaban J connectivity index is 1.25. The minimum atomic E-state index is -0.236. The monoisotopic (exact) mass is 355 g/mol.